The molecule has 0 radical (unpaired) electrons. The number of aromatic nitrogens is 1. The van der Waals surface area contributed by atoms with Crippen LogP contribution in [0.3, 0.4) is 0 Å². The predicted molar refractivity (Wildman–Crippen MR) is 92.3 cm³/mol. The lowest BCUT2D eigenvalue weighted by atomic mass is 10.2. The van der Waals surface area contributed by atoms with Crippen LogP contribution in [-0.2, 0) is 23.8 Å². The van der Waals surface area contributed by atoms with E-state index in [0.29, 0.717) is 5.57 Å². The van der Waals surface area contributed by atoms with Gasteiger partial charge in [-0.3, -0.25) is 0 Å². The standard InChI is InChI=1S/C19H19NO5/c1-4-23-19(22)16(11-24-17-9-12(2)18(21)25-17)20-10-13(3)14-7-5-6-8-15(14)20/h5-11,17H,4H2,1-3H3/b16-11-. The van der Waals surface area contributed by atoms with Gasteiger partial charge in [0.2, 0.25) is 0 Å². The summed E-state index contributed by atoms with van der Waals surface area (Å²) in [6.45, 7) is 5.59. The van der Waals surface area contributed by atoms with Gasteiger partial charge >= 0.3 is 11.9 Å². The molecule has 0 amide bonds. The van der Waals surface area contributed by atoms with Crippen LogP contribution in [0.4, 0.5) is 0 Å². The summed E-state index contributed by atoms with van der Waals surface area (Å²) in [6, 6.07) is 7.73. The number of carbonyl (C=O) groups is 2. The minimum atomic E-state index is -0.847. The zero-order valence-electron chi connectivity index (χ0n) is 14.3. The third kappa shape index (κ3) is 3.28. The number of ether oxygens (including phenoxy) is 3. The first kappa shape index (κ1) is 16.8. The molecule has 1 aromatic heterocycles. The number of cyclic esters (lactones) is 1. The van der Waals surface area contributed by atoms with Gasteiger partial charge in [0.05, 0.1) is 12.1 Å². The number of esters is 2. The molecule has 25 heavy (non-hydrogen) atoms. The van der Waals surface area contributed by atoms with Crippen molar-refractivity contribution in [3.63, 3.8) is 0 Å². The molecule has 0 bridgehead atoms. The maximum Gasteiger partial charge on any atom is 0.358 e. The summed E-state index contributed by atoms with van der Waals surface area (Å²) in [5.41, 5.74) is 2.56. The van der Waals surface area contributed by atoms with Crippen LogP contribution in [0.2, 0.25) is 0 Å². The maximum atomic E-state index is 12.4. The van der Waals surface area contributed by atoms with Crippen molar-refractivity contribution in [1.29, 1.82) is 0 Å². The summed E-state index contributed by atoms with van der Waals surface area (Å²) in [5.74, 6) is -0.952. The molecule has 0 saturated heterocycles. The van der Waals surface area contributed by atoms with Crippen molar-refractivity contribution >= 4 is 28.5 Å². The van der Waals surface area contributed by atoms with Crippen LogP contribution in [0.25, 0.3) is 16.6 Å². The number of hydrogen-bond donors (Lipinski definition) is 0. The predicted octanol–water partition coefficient (Wildman–Crippen LogP) is 3.16. The Morgan fingerprint density at radius 1 is 1.32 bits per heavy atom. The number of benzene rings is 1. The van der Waals surface area contributed by atoms with Gasteiger partial charge in [-0.2, -0.15) is 0 Å². The van der Waals surface area contributed by atoms with Crippen molar-refractivity contribution < 1.29 is 23.8 Å². The second-order valence-corrected chi connectivity index (χ2v) is 5.68. The molecule has 0 spiro atoms. The SMILES string of the molecule is CCOC(=O)/C(=C/OC1C=C(C)C(=O)O1)n1cc(C)c2ccccc21. The van der Waals surface area contributed by atoms with Crippen LogP contribution in [0.15, 0.2) is 48.4 Å². The molecular weight excluding hydrogens is 322 g/mol. The minimum absolute atomic E-state index is 0.208. The van der Waals surface area contributed by atoms with Gasteiger partial charge in [0, 0.05) is 23.2 Å². The van der Waals surface area contributed by atoms with E-state index < -0.39 is 18.2 Å². The van der Waals surface area contributed by atoms with E-state index in [2.05, 4.69) is 0 Å². The third-order valence-electron chi connectivity index (χ3n) is 3.90. The smallest absolute Gasteiger partial charge is 0.358 e. The van der Waals surface area contributed by atoms with Gasteiger partial charge in [-0.1, -0.05) is 18.2 Å². The Labute approximate surface area is 145 Å². The van der Waals surface area contributed by atoms with Crippen molar-refractivity contribution in [1.82, 2.24) is 4.57 Å². The minimum Gasteiger partial charge on any atom is -0.461 e. The number of hydrogen-bond acceptors (Lipinski definition) is 5. The van der Waals surface area contributed by atoms with E-state index in [1.807, 2.05) is 37.4 Å². The quantitative estimate of drug-likeness (QED) is 0.475. The molecule has 1 aliphatic heterocycles. The van der Waals surface area contributed by atoms with E-state index in [-0.39, 0.29) is 12.3 Å². The summed E-state index contributed by atoms with van der Waals surface area (Å²) in [6.07, 6.45) is 3.83. The van der Waals surface area contributed by atoms with E-state index in [9.17, 15) is 9.59 Å². The van der Waals surface area contributed by atoms with E-state index >= 15 is 0 Å². The van der Waals surface area contributed by atoms with Gasteiger partial charge < -0.3 is 18.8 Å². The average molecular weight is 341 g/mol. The molecule has 0 aliphatic carbocycles. The van der Waals surface area contributed by atoms with Crippen LogP contribution in [-0.4, -0.2) is 29.4 Å². The highest BCUT2D eigenvalue weighted by atomic mass is 16.7. The lowest BCUT2D eigenvalue weighted by molar-refractivity contribution is -0.152. The lowest BCUT2D eigenvalue weighted by Crippen LogP contribution is -2.15. The fourth-order valence-electron chi connectivity index (χ4n) is 2.66. The summed E-state index contributed by atoms with van der Waals surface area (Å²) < 4.78 is 17.4. The van der Waals surface area contributed by atoms with Gasteiger partial charge in [0.25, 0.3) is 6.29 Å². The highest BCUT2D eigenvalue weighted by Gasteiger charge is 2.24. The Balaban J connectivity index is 1.98. The first-order valence-corrected chi connectivity index (χ1v) is 8.00. The molecule has 2 heterocycles. The molecule has 1 atom stereocenters. The Morgan fingerprint density at radius 3 is 2.76 bits per heavy atom. The monoisotopic (exact) mass is 341 g/mol. The Morgan fingerprint density at radius 2 is 2.08 bits per heavy atom. The second kappa shape index (κ2) is 6.84. The highest BCUT2D eigenvalue weighted by Crippen LogP contribution is 2.25. The molecule has 6 heteroatoms. The van der Waals surface area contributed by atoms with Crippen molar-refractivity contribution in [2.24, 2.45) is 0 Å². The first-order chi connectivity index (χ1) is 12.0. The molecule has 1 aromatic carbocycles. The lowest BCUT2D eigenvalue weighted by Gasteiger charge is -2.12. The molecule has 6 nitrogen and oxygen atoms in total. The van der Waals surface area contributed by atoms with Gasteiger partial charge in [-0.25, -0.2) is 9.59 Å². The van der Waals surface area contributed by atoms with E-state index in [1.165, 1.54) is 6.26 Å². The Kier molecular flexibility index (Phi) is 4.61. The van der Waals surface area contributed by atoms with Crippen LogP contribution in [0.5, 0.6) is 0 Å². The van der Waals surface area contributed by atoms with Crippen molar-refractivity contribution in [3.8, 4) is 0 Å². The molecule has 0 fully saturated rings. The molecule has 3 rings (SSSR count). The Hall–Kier alpha value is -3.02. The van der Waals surface area contributed by atoms with Gasteiger partial charge in [0.1, 0.15) is 6.26 Å². The Bertz CT molecular complexity index is 890. The fourth-order valence-corrected chi connectivity index (χ4v) is 2.66. The highest BCUT2D eigenvalue weighted by molar-refractivity contribution is 6.12. The van der Waals surface area contributed by atoms with Gasteiger partial charge in [-0.05, 0) is 32.4 Å². The summed E-state index contributed by atoms with van der Waals surface area (Å²) in [4.78, 5) is 23.8. The van der Waals surface area contributed by atoms with Crippen molar-refractivity contribution in [2.75, 3.05) is 6.61 Å². The van der Waals surface area contributed by atoms with Crippen LogP contribution >= 0.6 is 0 Å². The first-order valence-electron chi connectivity index (χ1n) is 8.00. The molecule has 130 valence electrons. The number of rotatable bonds is 5. The van der Waals surface area contributed by atoms with Crippen molar-refractivity contribution in [2.45, 2.75) is 27.1 Å². The molecule has 1 aliphatic rings. The largest absolute Gasteiger partial charge is 0.461 e. The fraction of sp³-hybridized carbons (Fsp3) is 0.263. The molecule has 1 unspecified atom stereocenters. The molecular formula is C19H19NO5. The van der Waals surface area contributed by atoms with E-state index in [0.717, 1.165) is 16.5 Å². The topological polar surface area (TPSA) is 66.8 Å². The zero-order chi connectivity index (χ0) is 18.0. The van der Waals surface area contributed by atoms with E-state index in [4.69, 9.17) is 14.2 Å². The van der Waals surface area contributed by atoms with Crippen LogP contribution in [0, 0.1) is 6.92 Å². The second-order valence-electron chi connectivity index (χ2n) is 5.68. The van der Waals surface area contributed by atoms with Gasteiger partial charge in [0.15, 0.2) is 5.70 Å². The number of carbonyl (C=O) groups excluding carboxylic acids is 2. The van der Waals surface area contributed by atoms with Crippen molar-refractivity contribution in [3.05, 3.63) is 53.9 Å². The summed E-state index contributed by atoms with van der Waals surface area (Å²) in [5, 5.41) is 1.03. The number of nitrogens with zero attached hydrogens (tertiary/aromatic N) is 1. The van der Waals surface area contributed by atoms with Gasteiger partial charge in [-0.15, -0.1) is 0 Å². The molecule has 2 aromatic rings. The third-order valence-corrected chi connectivity index (χ3v) is 3.90. The molecule has 0 saturated carbocycles. The average Bonchev–Trinajstić information content (AvgIpc) is 3.09. The number of para-hydroxylation sites is 1. The zero-order valence-corrected chi connectivity index (χ0v) is 14.3. The maximum absolute atomic E-state index is 12.4. The number of aryl methyl sites for hydroxylation is 1. The van der Waals surface area contributed by atoms with Crippen LogP contribution in [0.1, 0.15) is 19.4 Å². The summed E-state index contributed by atoms with van der Waals surface area (Å²) in [7, 11) is 0. The van der Waals surface area contributed by atoms with Crippen LogP contribution < -0.4 is 0 Å². The van der Waals surface area contributed by atoms with E-state index in [1.54, 1.807) is 24.5 Å². The summed E-state index contributed by atoms with van der Waals surface area (Å²) >= 11 is 0. The normalized spacial score (nSPS) is 17.4. The molecule has 0 N–H and O–H groups in total. The number of fused-ring (bicyclic) bond motifs is 1.